The maximum atomic E-state index is 11.9. The maximum Gasteiger partial charge on any atom is 0.327 e. The van der Waals surface area contributed by atoms with Gasteiger partial charge in [-0.1, -0.05) is 19.8 Å². The van der Waals surface area contributed by atoms with Crippen LogP contribution in [0.25, 0.3) is 0 Å². The van der Waals surface area contributed by atoms with E-state index in [0.29, 0.717) is 6.04 Å². The third-order valence-corrected chi connectivity index (χ3v) is 4.18. The lowest BCUT2D eigenvalue weighted by Crippen LogP contribution is -2.57. The molecule has 0 aromatic carbocycles. The highest BCUT2D eigenvalue weighted by Gasteiger charge is 2.36. The van der Waals surface area contributed by atoms with E-state index < -0.39 is 5.54 Å². The number of rotatable bonds is 5. The Morgan fingerprint density at radius 2 is 2.17 bits per heavy atom. The molecule has 0 spiro atoms. The summed E-state index contributed by atoms with van der Waals surface area (Å²) in [5.41, 5.74) is -0.605. The largest absolute Gasteiger partial charge is 0.468 e. The average molecular weight is 256 g/mol. The van der Waals surface area contributed by atoms with Crippen molar-refractivity contribution < 1.29 is 9.53 Å². The van der Waals surface area contributed by atoms with E-state index in [2.05, 4.69) is 17.1 Å². The average Bonchev–Trinajstić information content (AvgIpc) is 2.62. The third-order valence-electron chi connectivity index (χ3n) is 4.18. The van der Waals surface area contributed by atoms with Crippen molar-refractivity contribution in [2.24, 2.45) is 0 Å². The SMILES string of the molecule is CCC1CCCCCN1CC(C)(NC)C(=O)OC. The number of ether oxygens (including phenoxy) is 1. The zero-order chi connectivity index (χ0) is 13.6. The van der Waals surface area contributed by atoms with E-state index in [9.17, 15) is 4.79 Å². The zero-order valence-corrected chi connectivity index (χ0v) is 12.3. The topological polar surface area (TPSA) is 41.6 Å². The van der Waals surface area contributed by atoms with Crippen LogP contribution in [0.2, 0.25) is 0 Å². The van der Waals surface area contributed by atoms with Crippen LogP contribution in [0.15, 0.2) is 0 Å². The number of carbonyl (C=O) groups is 1. The molecule has 1 aliphatic heterocycles. The molecule has 0 radical (unpaired) electrons. The molecule has 18 heavy (non-hydrogen) atoms. The van der Waals surface area contributed by atoms with Crippen molar-refractivity contribution in [2.75, 3.05) is 27.2 Å². The molecule has 2 atom stereocenters. The minimum absolute atomic E-state index is 0.177. The van der Waals surface area contributed by atoms with Gasteiger partial charge in [-0.25, -0.2) is 0 Å². The number of methoxy groups -OCH3 is 1. The first-order valence-corrected chi connectivity index (χ1v) is 7.08. The van der Waals surface area contributed by atoms with Crippen LogP contribution >= 0.6 is 0 Å². The van der Waals surface area contributed by atoms with E-state index in [4.69, 9.17) is 4.74 Å². The number of likely N-dealkylation sites (tertiary alicyclic amines) is 1. The van der Waals surface area contributed by atoms with Gasteiger partial charge in [0.2, 0.25) is 0 Å². The number of carbonyl (C=O) groups excluding carboxylic acids is 1. The van der Waals surface area contributed by atoms with Crippen LogP contribution in [-0.2, 0) is 9.53 Å². The van der Waals surface area contributed by atoms with Crippen molar-refractivity contribution in [3.8, 4) is 0 Å². The van der Waals surface area contributed by atoms with Crippen molar-refractivity contribution in [1.82, 2.24) is 10.2 Å². The molecular weight excluding hydrogens is 228 g/mol. The Labute approximate surface area is 111 Å². The smallest absolute Gasteiger partial charge is 0.327 e. The van der Waals surface area contributed by atoms with Crippen LogP contribution in [0, 0.1) is 0 Å². The van der Waals surface area contributed by atoms with E-state index in [0.717, 1.165) is 19.5 Å². The van der Waals surface area contributed by atoms with E-state index in [-0.39, 0.29) is 5.97 Å². The van der Waals surface area contributed by atoms with Crippen LogP contribution in [0.5, 0.6) is 0 Å². The van der Waals surface area contributed by atoms with Gasteiger partial charge in [0.25, 0.3) is 0 Å². The fraction of sp³-hybridized carbons (Fsp3) is 0.929. The molecule has 0 aliphatic carbocycles. The summed E-state index contributed by atoms with van der Waals surface area (Å²) >= 11 is 0. The molecular formula is C14H28N2O2. The van der Waals surface area contributed by atoms with Crippen molar-refractivity contribution in [2.45, 2.75) is 57.5 Å². The molecule has 106 valence electrons. The minimum atomic E-state index is -0.605. The van der Waals surface area contributed by atoms with Crippen molar-refractivity contribution in [3.63, 3.8) is 0 Å². The van der Waals surface area contributed by atoms with Gasteiger partial charge in [0, 0.05) is 12.6 Å². The fourth-order valence-corrected chi connectivity index (χ4v) is 2.78. The first kappa shape index (κ1) is 15.4. The molecule has 1 saturated heterocycles. The Balaban J connectivity index is 2.74. The Hall–Kier alpha value is -0.610. The summed E-state index contributed by atoms with van der Waals surface area (Å²) in [5.74, 6) is -0.177. The van der Waals surface area contributed by atoms with E-state index in [1.165, 1.54) is 32.8 Å². The first-order chi connectivity index (χ1) is 8.57. The number of likely N-dealkylation sites (N-methyl/N-ethyl adjacent to an activating group) is 1. The lowest BCUT2D eigenvalue weighted by molar-refractivity contribution is -0.148. The van der Waals surface area contributed by atoms with Crippen LogP contribution in [0.4, 0.5) is 0 Å². The summed E-state index contributed by atoms with van der Waals surface area (Å²) in [4.78, 5) is 14.4. The van der Waals surface area contributed by atoms with Crippen molar-refractivity contribution in [1.29, 1.82) is 0 Å². The summed E-state index contributed by atoms with van der Waals surface area (Å²) in [6.07, 6.45) is 6.25. The Morgan fingerprint density at radius 1 is 1.44 bits per heavy atom. The summed E-state index contributed by atoms with van der Waals surface area (Å²) in [6, 6.07) is 0.602. The molecule has 2 unspecified atom stereocenters. The standard InChI is InChI=1S/C14H28N2O2/c1-5-12-9-7-6-8-10-16(12)11-14(2,15-3)13(17)18-4/h12,15H,5-11H2,1-4H3. The molecule has 0 saturated carbocycles. The number of nitrogens with zero attached hydrogens (tertiary/aromatic N) is 1. The second-order valence-electron chi connectivity index (χ2n) is 5.46. The van der Waals surface area contributed by atoms with Crippen LogP contribution in [0.1, 0.15) is 46.0 Å². The highest BCUT2D eigenvalue weighted by Crippen LogP contribution is 2.21. The number of nitrogens with one attached hydrogen (secondary N) is 1. The fourth-order valence-electron chi connectivity index (χ4n) is 2.78. The maximum absolute atomic E-state index is 11.9. The summed E-state index contributed by atoms with van der Waals surface area (Å²) in [6.45, 7) is 5.98. The quantitative estimate of drug-likeness (QED) is 0.762. The Bertz CT molecular complexity index is 271. The van der Waals surface area contributed by atoms with E-state index in [1.807, 2.05) is 14.0 Å². The van der Waals surface area contributed by atoms with Gasteiger partial charge in [-0.3, -0.25) is 9.69 Å². The van der Waals surface area contributed by atoms with Crippen molar-refractivity contribution in [3.05, 3.63) is 0 Å². The summed E-state index contributed by atoms with van der Waals surface area (Å²) in [7, 11) is 3.29. The Kier molecular flexibility index (Phi) is 6.09. The molecule has 0 aromatic rings. The molecule has 1 rings (SSSR count). The highest BCUT2D eigenvalue weighted by atomic mass is 16.5. The van der Waals surface area contributed by atoms with Crippen LogP contribution in [-0.4, -0.2) is 49.7 Å². The normalized spacial score (nSPS) is 25.2. The van der Waals surface area contributed by atoms with Crippen LogP contribution < -0.4 is 5.32 Å². The molecule has 1 heterocycles. The molecule has 1 aliphatic rings. The van der Waals surface area contributed by atoms with Gasteiger partial charge in [0.05, 0.1) is 7.11 Å². The molecule has 4 nitrogen and oxygen atoms in total. The van der Waals surface area contributed by atoms with E-state index in [1.54, 1.807) is 0 Å². The molecule has 4 heteroatoms. The monoisotopic (exact) mass is 256 g/mol. The second-order valence-corrected chi connectivity index (χ2v) is 5.46. The van der Waals surface area contributed by atoms with Gasteiger partial charge < -0.3 is 10.1 Å². The predicted octanol–water partition coefficient (Wildman–Crippen LogP) is 1.79. The number of hydrogen-bond acceptors (Lipinski definition) is 4. The van der Waals surface area contributed by atoms with Gasteiger partial charge in [-0.05, 0) is 39.8 Å². The first-order valence-electron chi connectivity index (χ1n) is 7.08. The Morgan fingerprint density at radius 3 is 2.72 bits per heavy atom. The van der Waals surface area contributed by atoms with Gasteiger partial charge in [0.15, 0.2) is 0 Å². The van der Waals surface area contributed by atoms with Gasteiger partial charge in [-0.2, -0.15) is 0 Å². The molecule has 0 amide bonds. The lowest BCUT2D eigenvalue weighted by Gasteiger charge is -2.36. The van der Waals surface area contributed by atoms with Crippen LogP contribution in [0.3, 0.4) is 0 Å². The summed E-state index contributed by atoms with van der Waals surface area (Å²) < 4.78 is 4.92. The van der Waals surface area contributed by atoms with E-state index >= 15 is 0 Å². The third kappa shape index (κ3) is 3.69. The second kappa shape index (κ2) is 7.10. The highest BCUT2D eigenvalue weighted by molar-refractivity contribution is 5.80. The predicted molar refractivity (Wildman–Crippen MR) is 73.6 cm³/mol. The number of esters is 1. The molecule has 0 aromatic heterocycles. The van der Waals surface area contributed by atoms with Crippen molar-refractivity contribution >= 4 is 5.97 Å². The van der Waals surface area contributed by atoms with Gasteiger partial charge >= 0.3 is 5.97 Å². The molecule has 1 N–H and O–H groups in total. The minimum Gasteiger partial charge on any atom is -0.468 e. The molecule has 0 bridgehead atoms. The lowest BCUT2D eigenvalue weighted by atomic mass is 9.99. The van der Waals surface area contributed by atoms with Gasteiger partial charge in [-0.15, -0.1) is 0 Å². The zero-order valence-electron chi connectivity index (χ0n) is 12.3. The molecule has 1 fully saturated rings. The summed E-state index contributed by atoms with van der Waals surface area (Å²) in [5, 5.41) is 3.13. The van der Waals surface area contributed by atoms with Gasteiger partial charge in [0.1, 0.15) is 5.54 Å². The number of hydrogen-bond donors (Lipinski definition) is 1.